The molecule has 0 saturated carbocycles. The summed E-state index contributed by atoms with van der Waals surface area (Å²) < 4.78 is 0.629. The number of hydrogen-bond acceptors (Lipinski definition) is 5. The number of hydrazone groups is 1. The molecule has 21 heavy (non-hydrogen) atoms. The third-order valence-electron chi connectivity index (χ3n) is 2.57. The van der Waals surface area contributed by atoms with Crippen LogP contribution in [0.2, 0.25) is 4.34 Å². The number of nitro groups is 1. The summed E-state index contributed by atoms with van der Waals surface area (Å²) in [7, 11) is 0. The summed E-state index contributed by atoms with van der Waals surface area (Å²) in [6.07, 6.45) is 0. The molecule has 0 spiro atoms. The van der Waals surface area contributed by atoms with Crippen LogP contribution in [0.5, 0.6) is 0 Å². The summed E-state index contributed by atoms with van der Waals surface area (Å²) in [4.78, 5) is 22.8. The van der Waals surface area contributed by atoms with Gasteiger partial charge in [-0.2, -0.15) is 5.10 Å². The number of amides is 1. The molecular formula is C13H10ClN3O3S. The van der Waals surface area contributed by atoms with Gasteiger partial charge in [0.15, 0.2) is 0 Å². The first-order valence-corrected chi connectivity index (χ1v) is 7.01. The van der Waals surface area contributed by atoms with Crippen molar-refractivity contribution < 1.29 is 9.72 Å². The van der Waals surface area contributed by atoms with Crippen molar-refractivity contribution in [2.75, 3.05) is 0 Å². The molecule has 0 aliphatic rings. The summed E-state index contributed by atoms with van der Waals surface area (Å²) >= 11 is 7.17. The van der Waals surface area contributed by atoms with Gasteiger partial charge in [-0.15, -0.1) is 11.3 Å². The molecule has 1 heterocycles. The molecule has 0 atom stereocenters. The zero-order valence-corrected chi connectivity index (χ0v) is 12.4. The van der Waals surface area contributed by atoms with Crippen molar-refractivity contribution in [3.63, 3.8) is 0 Å². The molecule has 0 fully saturated rings. The predicted molar refractivity (Wildman–Crippen MR) is 82.1 cm³/mol. The molecule has 2 rings (SSSR count). The second-order valence-corrected chi connectivity index (χ2v) is 5.76. The van der Waals surface area contributed by atoms with Crippen molar-refractivity contribution in [2.45, 2.75) is 6.92 Å². The van der Waals surface area contributed by atoms with Crippen LogP contribution in [0.15, 0.2) is 41.5 Å². The number of halogens is 1. The van der Waals surface area contributed by atoms with Gasteiger partial charge in [0.2, 0.25) is 0 Å². The van der Waals surface area contributed by atoms with E-state index in [1.54, 1.807) is 19.1 Å². The monoisotopic (exact) mass is 323 g/mol. The number of benzene rings is 1. The highest BCUT2D eigenvalue weighted by Gasteiger charge is 2.11. The third-order valence-corrected chi connectivity index (χ3v) is 3.91. The summed E-state index contributed by atoms with van der Waals surface area (Å²) in [6, 6.07) is 8.98. The molecule has 8 heteroatoms. The van der Waals surface area contributed by atoms with Crippen LogP contribution in [0, 0.1) is 10.1 Å². The van der Waals surface area contributed by atoms with Crippen LogP contribution in [0.3, 0.4) is 0 Å². The SMILES string of the molecule is C/C(=N/NC(=O)c1cccc([N+](=O)[O-])c1)c1ccc(Cl)s1. The number of rotatable bonds is 4. The summed E-state index contributed by atoms with van der Waals surface area (Å²) in [5, 5.41) is 14.6. The van der Waals surface area contributed by atoms with Crippen LogP contribution < -0.4 is 5.43 Å². The minimum Gasteiger partial charge on any atom is -0.267 e. The lowest BCUT2D eigenvalue weighted by atomic mass is 10.2. The van der Waals surface area contributed by atoms with Crippen molar-refractivity contribution in [3.05, 3.63) is 61.3 Å². The molecule has 0 saturated heterocycles. The van der Waals surface area contributed by atoms with E-state index in [0.29, 0.717) is 10.0 Å². The maximum atomic E-state index is 11.9. The number of nitro benzene ring substituents is 1. The van der Waals surface area contributed by atoms with Gasteiger partial charge < -0.3 is 0 Å². The van der Waals surface area contributed by atoms with Gasteiger partial charge in [0.1, 0.15) is 0 Å². The Morgan fingerprint density at radius 1 is 1.38 bits per heavy atom. The number of carbonyl (C=O) groups excluding carboxylic acids is 1. The lowest BCUT2D eigenvalue weighted by molar-refractivity contribution is -0.384. The van der Waals surface area contributed by atoms with Crippen LogP contribution in [0.1, 0.15) is 22.2 Å². The Labute approximate surface area is 129 Å². The van der Waals surface area contributed by atoms with Crippen molar-refractivity contribution >= 4 is 40.2 Å². The average Bonchev–Trinajstić information content (AvgIpc) is 2.91. The molecule has 0 aliphatic heterocycles. The number of thiophene rings is 1. The highest BCUT2D eigenvalue weighted by Crippen LogP contribution is 2.21. The van der Waals surface area contributed by atoms with Gasteiger partial charge >= 0.3 is 0 Å². The van der Waals surface area contributed by atoms with E-state index >= 15 is 0 Å². The number of non-ortho nitro benzene ring substituents is 1. The minimum absolute atomic E-state index is 0.145. The predicted octanol–water partition coefficient (Wildman–Crippen LogP) is 3.46. The number of carbonyl (C=O) groups is 1. The largest absolute Gasteiger partial charge is 0.271 e. The van der Waals surface area contributed by atoms with Crippen molar-refractivity contribution in [3.8, 4) is 0 Å². The van der Waals surface area contributed by atoms with Gasteiger partial charge in [0.05, 0.1) is 19.8 Å². The average molecular weight is 324 g/mol. The van der Waals surface area contributed by atoms with Crippen molar-refractivity contribution in [2.24, 2.45) is 5.10 Å². The fraction of sp³-hybridized carbons (Fsp3) is 0.0769. The Balaban J connectivity index is 2.11. The highest BCUT2D eigenvalue weighted by molar-refractivity contribution is 7.18. The molecule has 1 aromatic carbocycles. The summed E-state index contributed by atoms with van der Waals surface area (Å²) in [5.74, 6) is -0.513. The van der Waals surface area contributed by atoms with Crippen LogP contribution in [-0.2, 0) is 0 Å². The molecule has 0 radical (unpaired) electrons. The summed E-state index contributed by atoms with van der Waals surface area (Å²) in [5.41, 5.74) is 2.99. The normalized spacial score (nSPS) is 11.2. The maximum Gasteiger partial charge on any atom is 0.271 e. The van der Waals surface area contributed by atoms with E-state index in [-0.39, 0.29) is 11.3 Å². The molecule has 1 aromatic heterocycles. The molecule has 108 valence electrons. The van der Waals surface area contributed by atoms with Gasteiger partial charge in [-0.3, -0.25) is 14.9 Å². The minimum atomic E-state index is -0.557. The van der Waals surface area contributed by atoms with E-state index in [1.807, 2.05) is 0 Å². The van der Waals surface area contributed by atoms with E-state index in [1.165, 1.54) is 35.6 Å². The first-order chi connectivity index (χ1) is 9.97. The fourth-order valence-corrected chi connectivity index (χ4v) is 2.51. The van der Waals surface area contributed by atoms with Crippen LogP contribution in [0.4, 0.5) is 5.69 Å². The second kappa shape index (κ2) is 6.47. The zero-order chi connectivity index (χ0) is 15.4. The summed E-state index contributed by atoms with van der Waals surface area (Å²) in [6.45, 7) is 1.73. The number of nitrogens with zero attached hydrogens (tertiary/aromatic N) is 2. The smallest absolute Gasteiger partial charge is 0.267 e. The Morgan fingerprint density at radius 3 is 2.76 bits per heavy atom. The first kappa shape index (κ1) is 15.1. The third kappa shape index (κ3) is 3.87. The molecule has 0 bridgehead atoms. The van der Waals surface area contributed by atoms with Gasteiger partial charge in [-0.05, 0) is 25.1 Å². The van der Waals surface area contributed by atoms with Gasteiger partial charge in [-0.25, -0.2) is 5.43 Å². The number of nitrogens with one attached hydrogen (secondary N) is 1. The quantitative estimate of drug-likeness (QED) is 0.531. The van der Waals surface area contributed by atoms with Crippen LogP contribution in [0.25, 0.3) is 0 Å². The fourth-order valence-electron chi connectivity index (χ4n) is 1.52. The molecule has 1 amide bonds. The maximum absolute atomic E-state index is 11.9. The molecule has 0 unspecified atom stereocenters. The molecule has 6 nitrogen and oxygen atoms in total. The lowest BCUT2D eigenvalue weighted by Crippen LogP contribution is -2.19. The van der Waals surface area contributed by atoms with E-state index in [9.17, 15) is 14.9 Å². The standard InChI is InChI=1S/C13H10ClN3O3S/c1-8(11-5-6-12(14)21-11)15-16-13(18)9-3-2-4-10(7-9)17(19)20/h2-7H,1H3,(H,16,18)/b15-8-. The van der Waals surface area contributed by atoms with Crippen molar-refractivity contribution in [1.82, 2.24) is 5.43 Å². The molecular weight excluding hydrogens is 314 g/mol. The zero-order valence-electron chi connectivity index (χ0n) is 10.9. The molecule has 1 N–H and O–H groups in total. The van der Waals surface area contributed by atoms with Crippen LogP contribution in [-0.4, -0.2) is 16.5 Å². The van der Waals surface area contributed by atoms with E-state index in [4.69, 9.17) is 11.6 Å². The lowest BCUT2D eigenvalue weighted by Gasteiger charge is -2.01. The molecule has 2 aromatic rings. The van der Waals surface area contributed by atoms with Gasteiger partial charge in [0, 0.05) is 17.7 Å². The Bertz CT molecular complexity index is 727. The highest BCUT2D eigenvalue weighted by atomic mass is 35.5. The van der Waals surface area contributed by atoms with Gasteiger partial charge in [0.25, 0.3) is 11.6 Å². The van der Waals surface area contributed by atoms with Crippen molar-refractivity contribution in [1.29, 1.82) is 0 Å². The van der Waals surface area contributed by atoms with E-state index in [0.717, 1.165) is 4.88 Å². The first-order valence-electron chi connectivity index (χ1n) is 5.82. The topological polar surface area (TPSA) is 84.6 Å². The number of hydrogen-bond donors (Lipinski definition) is 1. The Kier molecular flexibility index (Phi) is 4.66. The molecule has 0 aliphatic carbocycles. The van der Waals surface area contributed by atoms with Gasteiger partial charge in [-0.1, -0.05) is 17.7 Å². The van der Waals surface area contributed by atoms with E-state index in [2.05, 4.69) is 10.5 Å². The second-order valence-electron chi connectivity index (χ2n) is 4.05. The Morgan fingerprint density at radius 2 is 2.14 bits per heavy atom. The Hall–Kier alpha value is -2.25. The van der Waals surface area contributed by atoms with Crippen LogP contribution >= 0.6 is 22.9 Å². The van der Waals surface area contributed by atoms with E-state index < -0.39 is 10.8 Å².